The number of carboxylic acids is 1. The second kappa shape index (κ2) is 8.70. The molecule has 0 fully saturated rings. The second-order valence-corrected chi connectivity index (χ2v) is 6.91. The summed E-state index contributed by atoms with van der Waals surface area (Å²) in [6, 6.07) is 3.56. The van der Waals surface area contributed by atoms with Crippen LogP contribution < -0.4 is 4.74 Å². The highest BCUT2D eigenvalue weighted by Gasteiger charge is 2.13. The summed E-state index contributed by atoms with van der Waals surface area (Å²) in [4.78, 5) is 22.3. The Labute approximate surface area is 147 Å². The molecule has 0 radical (unpaired) electrons. The number of halogens is 3. The van der Waals surface area contributed by atoms with E-state index < -0.39 is 5.97 Å². The van der Waals surface area contributed by atoms with Crippen LogP contribution in [0.4, 0.5) is 0 Å². The summed E-state index contributed by atoms with van der Waals surface area (Å²) in [5.74, 6) is -0.932. The van der Waals surface area contributed by atoms with Gasteiger partial charge in [0.05, 0.1) is 8.95 Å². The Balaban J connectivity index is 2.45. The SMILES string of the molecule is C=C(CCCCC(=O)Oc1c(Br)cc(Br)cc1Br)C(=O)O. The molecule has 0 aliphatic heterocycles. The van der Waals surface area contributed by atoms with Crippen molar-refractivity contribution < 1.29 is 19.4 Å². The Kier molecular flexibility index (Phi) is 7.62. The van der Waals surface area contributed by atoms with Crippen molar-refractivity contribution >= 4 is 59.7 Å². The molecule has 0 bridgehead atoms. The van der Waals surface area contributed by atoms with Crippen molar-refractivity contribution in [1.82, 2.24) is 0 Å². The molecule has 21 heavy (non-hydrogen) atoms. The van der Waals surface area contributed by atoms with Crippen molar-refractivity contribution in [2.75, 3.05) is 0 Å². The Morgan fingerprint density at radius 2 is 1.62 bits per heavy atom. The first-order valence-electron chi connectivity index (χ1n) is 6.07. The van der Waals surface area contributed by atoms with Gasteiger partial charge in [-0.25, -0.2) is 4.79 Å². The minimum atomic E-state index is -1.000. The number of hydrogen-bond donors (Lipinski definition) is 1. The quantitative estimate of drug-likeness (QED) is 0.254. The molecule has 0 unspecified atom stereocenters. The topological polar surface area (TPSA) is 63.6 Å². The number of ether oxygens (including phenoxy) is 1. The third kappa shape index (κ3) is 6.32. The van der Waals surface area contributed by atoms with Crippen LogP contribution in [0.3, 0.4) is 0 Å². The molecule has 0 aromatic heterocycles. The van der Waals surface area contributed by atoms with E-state index >= 15 is 0 Å². The molecule has 0 atom stereocenters. The van der Waals surface area contributed by atoms with Gasteiger partial charge in [0.1, 0.15) is 0 Å². The lowest BCUT2D eigenvalue weighted by molar-refractivity contribution is -0.134. The number of aliphatic carboxylic acids is 1. The fraction of sp³-hybridized carbons (Fsp3) is 0.286. The lowest BCUT2D eigenvalue weighted by Gasteiger charge is -2.09. The summed E-state index contributed by atoms with van der Waals surface area (Å²) in [7, 11) is 0. The first-order chi connectivity index (χ1) is 9.81. The molecule has 0 amide bonds. The number of carboxylic acid groups (broad SMARTS) is 1. The number of rotatable bonds is 7. The van der Waals surface area contributed by atoms with Crippen molar-refractivity contribution in [2.45, 2.75) is 25.7 Å². The second-order valence-electron chi connectivity index (χ2n) is 4.29. The van der Waals surface area contributed by atoms with E-state index in [1.807, 2.05) is 0 Å². The highest BCUT2D eigenvalue weighted by atomic mass is 79.9. The van der Waals surface area contributed by atoms with E-state index in [0.717, 1.165) is 4.47 Å². The molecule has 1 aromatic carbocycles. The van der Waals surface area contributed by atoms with Crippen LogP contribution >= 0.6 is 47.8 Å². The highest BCUT2D eigenvalue weighted by Crippen LogP contribution is 2.36. The average Bonchev–Trinajstić information content (AvgIpc) is 2.38. The predicted octanol–water partition coefficient (Wildman–Crippen LogP) is 5.08. The summed E-state index contributed by atoms with van der Waals surface area (Å²) in [5, 5.41) is 8.66. The zero-order valence-electron chi connectivity index (χ0n) is 11.0. The Bertz CT molecular complexity index is 546. The summed E-state index contributed by atoms with van der Waals surface area (Å²) >= 11 is 9.99. The number of hydrogen-bond acceptors (Lipinski definition) is 3. The van der Waals surface area contributed by atoms with E-state index in [9.17, 15) is 9.59 Å². The van der Waals surface area contributed by atoms with Gasteiger partial charge in [0.25, 0.3) is 0 Å². The van der Waals surface area contributed by atoms with Crippen molar-refractivity contribution in [3.8, 4) is 5.75 Å². The maximum absolute atomic E-state index is 11.8. The molecule has 7 heteroatoms. The summed E-state index contributed by atoms with van der Waals surface area (Å²) in [5.41, 5.74) is 0.154. The maximum atomic E-state index is 11.8. The van der Waals surface area contributed by atoms with E-state index in [1.54, 1.807) is 12.1 Å². The van der Waals surface area contributed by atoms with Gasteiger partial charge in [0.15, 0.2) is 5.75 Å². The number of unbranched alkanes of at least 4 members (excludes halogenated alkanes) is 1. The summed E-state index contributed by atoms with van der Waals surface area (Å²) < 4.78 is 7.47. The minimum absolute atomic E-state index is 0.154. The molecule has 114 valence electrons. The normalized spacial score (nSPS) is 10.2. The molecule has 0 heterocycles. The van der Waals surface area contributed by atoms with Crippen LogP contribution in [0.5, 0.6) is 5.75 Å². The number of carbonyl (C=O) groups is 2. The van der Waals surface area contributed by atoms with Crippen molar-refractivity contribution in [3.05, 3.63) is 37.7 Å². The largest absolute Gasteiger partial charge is 0.478 e. The van der Waals surface area contributed by atoms with Gasteiger partial charge in [-0.2, -0.15) is 0 Å². The van der Waals surface area contributed by atoms with Gasteiger partial charge < -0.3 is 9.84 Å². The molecule has 0 aliphatic rings. The zero-order chi connectivity index (χ0) is 16.0. The van der Waals surface area contributed by atoms with Gasteiger partial charge in [0.2, 0.25) is 0 Å². The molecule has 0 saturated heterocycles. The molecule has 1 N–H and O–H groups in total. The van der Waals surface area contributed by atoms with Gasteiger partial charge >= 0.3 is 11.9 Å². The molecule has 4 nitrogen and oxygen atoms in total. The first kappa shape index (κ1) is 18.4. The molecular formula is C14H13Br3O4. The van der Waals surface area contributed by atoms with E-state index in [0.29, 0.717) is 34.0 Å². The molecule has 1 aromatic rings. The number of benzene rings is 1. The molecule has 0 spiro atoms. The van der Waals surface area contributed by atoms with Crippen LogP contribution in [-0.2, 0) is 9.59 Å². The average molecular weight is 485 g/mol. The standard InChI is InChI=1S/C14H13Br3O4/c1-8(14(19)20)4-2-3-5-12(18)21-13-10(16)6-9(15)7-11(13)17/h6-7H,1-5H2,(H,19,20). The van der Waals surface area contributed by atoms with Crippen molar-refractivity contribution in [1.29, 1.82) is 0 Å². The summed E-state index contributed by atoms with van der Waals surface area (Å²) in [6.07, 6.45) is 1.73. The van der Waals surface area contributed by atoms with Crippen LogP contribution in [0.2, 0.25) is 0 Å². The third-order valence-corrected chi connectivity index (χ3v) is 4.23. The maximum Gasteiger partial charge on any atom is 0.330 e. The monoisotopic (exact) mass is 482 g/mol. The molecule has 1 rings (SSSR count). The van der Waals surface area contributed by atoms with Crippen LogP contribution in [0.15, 0.2) is 37.7 Å². The lowest BCUT2D eigenvalue weighted by atomic mass is 10.1. The van der Waals surface area contributed by atoms with E-state index in [-0.39, 0.29) is 18.0 Å². The molecular weight excluding hydrogens is 472 g/mol. The van der Waals surface area contributed by atoms with E-state index in [4.69, 9.17) is 9.84 Å². The van der Waals surface area contributed by atoms with Gasteiger partial charge in [-0.15, -0.1) is 0 Å². The minimum Gasteiger partial charge on any atom is -0.478 e. The zero-order valence-corrected chi connectivity index (χ0v) is 15.8. The van der Waals surface area contributed by atoms with E-state index in [2.05, 4.69) is 54.4 Å². The van der Waals surface area contributed by atoms with Crippen LogP contribution in [0, 0.1) is 0 Å². The van der Waals surface area contributed by atoms with Gasteiger partial charge in [0, 0.05) is 16.5 Å². The third-order valence-electron chi connectivity index (χ3n) is 2.59. The Morgan fingerprint density at radius 3 is 2.14 bits per heavy atom. The predicted molar refractivity (Wildman–Crippen MR) is 90.4 cm³/mol. The Hall–Kier alpha value is -0.660. The summed E-state index contributed by atoms with van der Waals surface area (Å²) in [6.45, 7) is 3.44. The number of esters is 1. The van der Waals surface area contributed by atoms with Gasteiger partial charge in [-0.1, -0.05) is 22.5 Å². The van der Waals surface area contributed by atoms with Gasteiger partial charge in [-0.3, -0.25) is 4.79 Å². The molecule has 0 saturated carbocycles. The van der Waals surface area contributed by atoms with Crippen LogP contribution in [0.1, 0.15) is 25.7 Å². The molecule has 0 aliphatic carbocycles. The van der Waals surface area contributed by atoms with Gasteiger partial charge in [-0.05, 0) is 63.3 Å². The van der Waals surface area contributed by atoms with Crippen LogP contribution in [-0.4, -0.2) is 17.0 Å². The van der Waals surface area contributed by atoms with Crippen molar-refractivity contribution in [2.24, 2.45) is 0 Å². The smallest absolute Gasteiger partial charge is 0.330 e. The first-order valence-corrected chi connectivity index (χ1v) is 8.45. The van der Waals surface area contributed by atoms with E-state index in [1.165, 1.54) is 0 Å². The fourth-order valence-corrected chi connectivity index (χ4v) is 3.93. The lowest BCUT2D eigenvalue weighted by Crippen LogP contribution is -2.08. The van der Waals surface area contributed by atoms with Crippen molar-refractivity contribution in [3.63, 3.8) is 0 Å². The highest BCUT2D eigenvalue weighted by molar-refractivity contribution is 9.11. The fourth-order valence-electron chi connectivity index (χ4n) is 1.51. The number of carbonyl (C=O) groups excluding carboxylic acids is 1. The Morgan fingerprint density at radius 1 is 1.10 bits per heavy atom. The van der Waals surface area contributed by atoms with Crippen LogP contribution in [0.25, 0.3) is 0 Å².